The zero-order valence-electron chi connectivity index (χ0n) is 39.1. The van der Waals surface area contributed by atoms with Gasteiger partial charge >= 0.3 is 0 Å². The lowest BCUT2D eigenvalue weighted by Crippen LogP contribution is -2.35. The van der Waals surface area contributed by atoms with E-state index < -0.39 is 23.4 Å². The number of hydrogen-bond donors (Lipinski definition) is 7. The van der Waals surface area contributed by atoms with Gasteiger partial charge in [-0.05, 0) is 107 Å². The van der Waals surface area contributed by atoms with E-state index in [-0.39, 0.29) is 59.5 Å². The number of anilines is 1. The van der Waals surface area contributed by atoms with E-state index >= 15 is 8.78 Å². The number of nitrogens with one attached hydrogen (secondary N) is 4. The summed E-state index contributed by atoms with van der Waals surface area (Å²) in [7, 11) is 8.13. The number of phenolic OH excluding ortho intramolecular Hbond substituents is 3. The fourth-order valence-corrected chi connectivity index (χ4v) is 11.6. The van der Waals surface area contributed by atoms with Crippen molar-refractivity contribution in [2.45, 2.75) is 6.42 Å². The van der Waals surface area contributed by atoms with Gasteiger partial charge in [-0.3, -0.25) is 19.3 Å². The Morgan fingerprint density at radius 1 is 0.568 bits per heavy atom. The second-order valence-corrected chi connectivity index (χ2v) is 21.0. The second-order valence-electron chi connectivity index (χ2n) is 17.2. The molecule has 2 unspecified atom stereocenters. The summed E-state index contributed by atoms with van der Waals surface area (Å²) in [6.45, 7) is 0.654. The van der Waals surface area contributed by atoms with E-state index in [4.69, 9.17) is 9.97 Å². The zero-order valence-corrected chi connectivity index (χ0v) is 43.0. The van der Waals surface area contributed by atoms with Gasteiger partial charge in [0.05, 0.1) is 28.5 Å². The van der Waals surface area contributed by atoms with Gasteiger partial charge in [0.25, 0.3) is 11.8 Å². The maximum Gasteiger partial charge on any atom is 0.253 e. The van der Waals surface area contributed by atoms with Gasteiger partial charge in [0.15, 0.2) is 11.6 Å². The van der Waals surface area contributed by atoms with Gasteiger partial charge in [-0.1, -0.05) is 58.0 Å². The van der Waals surface area contributed by atoms with Crippen LogP contribution in [0.2, 0.25) is 0 Å². The van der Waals surface area contributed by atoms with Crippen molar-refractivity contribution in [2.24, 2.45) is 0 Å². The Morgan fingerprint density at radius 2 is 1.00 bits per heavy atom. The third-order valence-electron chi connectivity index (χ3n) is 12.4. The quantitative estimate of drug-likeness (QED) is 0.0223. The number of fused-ring (bicyclic) bond motifs is 8. The first-order valence-corrected chi connectivity index (χ1v) is 26.9. The van der Waals surface area contributed by atoms with Gasteiger partial charge in [0, 0.05) is 105 Å². The molecule has 0 saturated carbocycles. The van der Waals surface area contributed by atoms with Gasteiger partial charge < -0.3 is 35.9 Å². The van der Waals surface area contributed by atoms with Crippen molar-refractivity contribution >= 4 is 120 Å². The Morgan fingerprint density at radius 3 is 1.46 bits per heavy atom. The Kier molecular flexibility index (Phi) is 14.5. The van der Waals surface area contributed by atoms with Crippen molar-refractivity contribution in [1.29, 1.82) is 0 Å². The zero-order chi connectivity index (χ0) is 51.6. The number of nitrogens with zero attached hydrogens (tertiary/aromatic N) is 3. The fraction of sp³-hybridized carbons (Fsp3) is 0.109. The molecule has 19 heteroatoms. The lowest BCUT2D eigenvalue weighted by atomic mass is 10.0. The number of aromatic nitrogens is 4. The number of halogens is 2. The van der Waals surface area contributed by atoms with E-state index in [2.05, 4.69) is 39.1 Å². The van der Waals surface area contributed by atoms with Crippen LogP contribution in [0.25, 0.3) is 90.9 Å². The minimum absolute atomic E-state index is 0.00146. The molecule has 372 valence electrons. The van der Waals surface area contributed by atoms with Crippen LogP contribution < -0.4 is 21.2 Å². The van der Waals surface area contributed by atoms with Crippen LogP contribution in [0.1, 0.15) is 29.2 Å². The highest BCUT2D eigenvalue weighted by Gasteiger charge is 2.27. The number of aromatic amines is 2. The summed E-state index contributed by atoms with van der Waals surface area (Å²) in [5.41, 5.74) is 8.16. The highest BCUT2D eigenvalue weighted by molar-refractivity contribution is 8.76. The van der Waals surface area contributed by atoms with Crippen molar-refractivity contribution in [3.05, 3.63) is 144 Å². The molecule has 8 bridgehead atoms. The van der Waals surface area contributed by atoms with E-state index in [9.17, 15) is 29.7 Å². The predicted octanol–water partition coefficient (Wildman–Crippen LogP) is 9.94. The van der Waals surface area contributed by atoms with E-state index in [1.807, 2.05) is 48.6 Å². The average molecular weight is 1060 g/mol. The van der Waals surface area contributed by atoms with Crippen LogP contribution in [0.4, 0.5) is 14.5 Å². The number of carbonyl (C=O) groups excluding carboxylic acids is 3. The Bertz CT molecular complexity index is 3640. The Labute approximate surface area is 435 Å². The van der Waals surface area contributed by atoms with Crippen molar-refractivity contribution in [3.8, 4) is 61.8 Å². The Balaban J connectivity index is 1.05. The van der Waals surface area contributed by atoms with Gasteiger partial charge in [0.1, 0.15) is 17.2 Å². The molecule has 0 spiro atoms. The molecular weight excluding hydrogens is 1020 g/mol. The first-order chi connectivity index (χ1) is 35.8. The number of imide groups is 1. The molecular formula is C55H45F2N7O6P2S2. The van der Waals surface area contributed by atoms with Gasteiger partial charge in [0.2, 0.25) is 5.91 Å². The summed E-state index contributed by atoms with van der Waals surface area (Å²) in [4.78, 5) is 54.3. The first-order valence-electron chi connectivity index (χ1n) is 23.2. The molecule has 3 amide bonds. The normalized spacial score (nSPS) is 12.8. The van der Waals surface area contributed by atoms with Crippen LogP contribution in [-0.2, 0) is 14.4 Å². The fourth-order valence-electron chi connectivity index (χ4n) is 9.03. The molecule has 13 nitrogen and oxygen atoms in total. The molecule has 74 heavy (non-hydrogen) atoms. The lowest BCUT2D eigenvalue weighted by molar-refractivity contribution is -0.137. The minimum atomic E-state index is -1.11. The van der Waals surface area contributed by atoms with E-state index in [0.29, 0.717) is 107 Å². The van der Waals surface area contributed by atoms with Crippen LogP contribution in [-0.4, -0.2) is 89.0 Å². The molecule has 2 atom stereocenters. The number of rotatable bonds is 15. The van der Waals surface area contributed by atoms with Crippen LogP contribution in [0.3, 0.4) is 0 Å². The first kappa shape index (κ1) is 50.0. The summed E-state index contributed by atoms with van der Waals surface area (Å²) in [6, 6.07) is 27.8. The largest absolute Gasteiger partial charge is 0.508 e. The molecule has 10 rings (SSSR count). The number of benzene rings is 4. The molecule has 7 aromatic rings. The SMILES string of the molecule is O=C(CCN1C(=O)C=CC1=O)NCCSSCCNc1c(F)c(F)c(-c2c3nc(c(-c4cccc(O)c4)c4ccc([nH]4)c(-c4cccc(O)c4)c4nc(c(-c5cccc(O)c5)c5ccc2[nH]5)C=C4)C=C3)c(P)c1P. The third kappa shape index (κ3) is 10.2. The molecule has 0 aliphatic carbocycles. The molecule has 0 fully saturated rings. The van der Waals surface area contributed by atoms with Crippen LogP contribution in [0.5, 0.6) is 17.2 Å². The topological polar surface area (TPSA) is 197 Å². The van der Waals surface area contributed by atoms with E-state index in [1.165, 1.54) is 33.7 Å². The smallest absolute Gasteiger partial charge is 0.253 e. The molecule has 3 aliphatic heterocycles. The molecule has 3 aliphatic rings. The summed E-state index contributed by atoms with van der Waals surface area (Å²) in [5.74, 6) is -2.15. The lowest BCUT2D eigenvalue weighted by Gasteiger charge is -2.18. The number of carbonyl (C=O) groups is 3. The molecule has 3 aromatic heterocycles. The maximum atomic E-state index is 17.3. The van der Waals surface area contributed by atoms with Crippen LogP contribution in [0, 0.1) is 11.6 Å². The van der Waals surface area contributed by atoms with Gasteiger partial charge in [-0.2, -0.15) is 0 Å². The number of phenols is 3. The monoisotopic (exact) mass is 1060 g/mol. The molecule has 6 heterocycles. The highest BCUT2D eigenvalue weighted by atomic mass is 33.1. The Hall–Kier alpha value is -7.55. The van der Waals surface area contributed by atoms with Gasteiger partial charge in [-0.25, -0.2) is 18.7 Å². The number of amides is 3. The number of hydrogen-bond acceptors (Lipinski definition) is 11. The molecule has 4 aromatic carbocycles. The highest BCUT2D eigenvalue weighted by Crippen LogP contribution is 2.41. The van der Waals surface area contributed by atoms with Crippen molar-refractivity contribution < 1.29 is 38.5 Å². The standard InChI is InChI=1S/C55H45F2N7O6P2S2/c56-51-50(54(71)55(72)53(52(51)57)59-22-25-74-73-24-21-58-43(68)20-23-64-44(69)18-19-45(64)70)49-41-16-14-39(62-41)47(30-5-2-8-33(66)27-30)37-12-10-35(60-37)46(29-4-1-7-32(65)26-29)36-11-13-38(61-36)48(40-15-17-42(49)63-40)31-6-3-9-34(67)28-31/h1-19,26-28,59-60,63,65-67H,20-25,71-72H2,(H,58,68). The van der Waals surface area contributed by atoms with Crippen LogP contribution in [0.15, 0.2) is 109 Å². The predicted molar refractivity (Wildman–Crippen MR) is 301 cm³/mol. The second kappa shape index (κ2) is 21.5. The average Bonchev–Trinajstić information content (AvgIpc) is 4.26. The van der Waals surface area contributed by atoms with E-state index in [0.717, 1.165) is 4.90 Å². The molecule has 0 radical (unpaired) electrons. The summed E-state index contributed by atoms with van der Waals surface area (Å²) < 4.78 is 34.0. The maximum absolute atomic E-state index is 17.3. The molecule has 7 N–H and O–H groups in total. The van der Waals surface area contributed by atoms with Crippen molar-refractivity contribution in [3.63, 3.8) is 0 Å². The molecule has 0 saturated heterocycles. The van der Waals surface area contributed by atoms with Crippen LogP contribution >= 0.6 is 40.1 Å². The van der Waals surface area contributed by atoms with E-state index in [1.54, 1.807) is 72.8 Å². The van der Waals surface area contributed by atoms with Crippen molar-refractivity contribution in [2.75, 3.05) is 36.5 Å². The van der Waals surface area contributed by atoms with Gasteiger partial charge in [-0.15, -0.1) is 18.5 Å². The number of H-pyrrole nitrogens is 2. The summed E-state index contributed by atoms with van der Waals surface area (Å²) >= 11 is 0. The minimum Gasteiger partial charge on any atom is -0.508 e. The number of aromatic hydroxyl groups is 3. The van der Waals surface area contributed by atoms with Crippen molar-refractivity contribution in [1.82, 2.24) is 30.2 Å². The summed E-state index contributed by atoms with van der Waals surface area (Å²) in [6.07, 6.45) is 9.64. The summed E-state index contributed by atoms with van der Waals surface area (Å²) in [5, 5.41) is 38.8. The third-order valence-corrected chi connectivity index (χ3v) is 16.4.